The first-order valence-electron chi connectivity index (χ1n) is 11.4. The Hall–Kier alpha value is -4.62. The summed E-state index contributed by atoms with van der Waals surface area (Å²) in [6, 6.07) is 25.4. The van der Waals surface area contributed by atoms with Crippen LogP contribution in [0.4, 0.5) is 11.4 Å². The van der Waals surface area contributed by atoms with Gasteiger partial charge in [-0.2, -0.15) is 5.26 Å². The summed E-state index contributed by atoms with van der Waals surface area (Å²) in [5.74, 6) is 0.198. The van der Waals surface area contributed by atoms with Gasteiger partial charge >= 0.3 is 0 Å². The van der Waals surface area contributed by atoms with Crippen molar-refractivity contribution in [3.8, 4) is 17.2 Å². The monoisotopic (exact) mass is 437 g/mol. The smallest absolute Gasteiger partial charge is 0.141 e. The van der Waals surface area contributed by atoms with Gasteiger partial charge in [-0.3, -0.25) is 4.98 Å². The molecule has 2 aromatic heterocycles. The maximum Gasteiger partial charge on any atom is 0.141 e. The third-order valence-corrected chi connectivity index (χ3v) is 6.94. The first-order chi connectivity index (χ1) is 16.8. The molecule has 0 amide bonds. The Morgan fingerprint density at radius 3 is 2.76 bits per heavy atom. The topological polar surface area (TPSA) is 53.1 Å². The number of allylic oxidation sites excluding steroid dienone is 2. The third-order valence-electron chi connectivity index (χ3n) is 6.94. The van der Waals surface area contributed by atoms with Crippen molar-refractivity contribution in [1.82, 2.24) is 4.98 Å². The molecule has 0 saturated heterocycles. The Morgan fingerprint density at radius 1 is 0.912 bits per heavy atom. The lowest BCUT2D eigenvalue weighted by atomic mass is 9.90. The molecule has 160 valence electrons. The highest BCUT2D eigenvalue weighted by Gasteiger charge is 2.40. The van der Waals surface area contributed by atoms with Crippen LogP contribution in [0.2, 0.25) is 0 Å². The molecular weight excluding hydrogens is 418 g/mol. The van der Waals surface area contributed by atoms with E-state index in [-0.39, 0.29) is 12.0 Å². The number of fused-ring (bicyclic) bond motifs is 7. The molecule has 2 atom stereocenters. The summed E-state index contributed by atoms with van der Waals surface area (Å²) in [4.78, 5) is 6.50. The van der Waals surface area contributed by atoms with Crippen LogP contribution in [0.5, 0.6) is 0 Å². The molecule has 7 rings (SSSR count). The molecule has 5 aromatic rings. The maximum absolute atomic E-state index is 9.58. The first kappa shape index (κ1) is 18.9. The molecule has 3 heterocycles. The number of hydrogen-bond donors (Lipinski definition) is 0. The van der Waals surface area contributed by atoms with E-state index < -0.39 is 0 Å². The minimum Gasteiger partial charge on any atom is -0.456 e. The van der Waals surface area contributed by atoms with E-state index in [2.05, 4.69) is 82.7 Å². The summed E-state index contributed by atoms with van der Waals surface area (Å²) in [6.07, 6.45) is 12.1. The molecule has 0 fully saturated rings. The second-order valence-electron chi connectivity index (χ2n) is 8.71. The molecule has 4 nitrogen and oxygen atoms in total. The summed E-state index contributed by atoms with van der Waals surface area (Å²) in [5.41, 5.74) is 7.82. The van der Waals surface area contributed by atoms with Crippen molar-refractivity contribution in [3.05, 3.63) is 115 Å². The summed E-state index contributed by atoms with van der Waals surface area (Å²) >= 11 is 0. The Kier molecular flexibility index (Phi) is 4.00. The maximum atomic E-state index is 9.58. The van der Waals surface area contributed by atoms with Crippen LogP contribution < -0.4 is 4.90 Å². The van der Waals surface area contributed by atoms with Crippen LogP contribution in [-0.4, -0.2) is 11.0 Å². The molecule has 1 aliphatic heterocycles. The average molecular weight is 438 g/mol. The van der Waals surface area contributed by atoms with Crippen molar-refractivity contribution < 1.29 is 4.42 Å². The van der Waals surface area contributed by atoms with Gasteiger partial charge in [0, 0.05) is 51.6 Å². The number of aromatic nitrogens is 1. The highest BCUT2D eigenvalue weighted by atomic mass is 16.3. The van der Waals surface area contributed by atoms with Gasteiger partial charge in [0.2, 0.25) is 0 Å². The summed E-state index contributed by atoms with van der Waals surface area (Å²) in [5, 5.41) is 11.9. The highest BCUT2D eigenvalue weighted by Crippen LogP contribution is 2.51. The molecule has 4 heteroatoms. The molecule has 1 aliphatic carbocycles. The number of anilines is 2. The van der Waals surface area contributed by atoms with E-state index in [1.54, 1.807) is 12.4 Å². The number of pyridine rings is 1. The highest BCUT2D eigenvalue weighted by molar-refractivity contribution is 6.08. The minimum atomic E-state index is 0.155. The fraction of sp³-hybridized carbons (Fsp3) is 0.0667. The Balaban J connectivity index is 1.45. The quantitative estimate of drug-likeness (QED) is 0.292. The predicted octanol–water partition coefficient (Wildman–Crippen LogP) is 7.25. The first-order valence-corrected chi connectivity index (χ1v) is 11.4. The van der Waals surface area contributed by atoms with E-state index in [1.165, 1.54) is 5.56 Å². The minimum absolute atomic E-state index is 0.155. The largest absolute Gasteiger partial charge is 0.456 e. The van der Waals surface area contributed by atoms with Gasteiger partial charge in [0.1, 0.15) is 17.2 Å². The molecule has 2 unspecified atom stereocenters. The molecule has 3 aromatic carbocycles. The lowest BCUT2D eigenvalue weighted by Gasteiger charge is -2.29. The van der Waals surface area contributed by atoms with Crippen molar-refractivity contribution in [1.29, 1.82) is 5.26 Å². The van der Waals surface area contributed by atoms with Crippen molar-refractivity contribution in [2.45, 2.75) is 12.0 Å². The van der Waals surface area contributed by atoms with Gasteiger partial charge in [0.25, 0.3) is 0 Å². The van der Waals surface area contributed by atoms with E-state index in [0.717, 1.165) is 44.4 Å². The molecule has 0 bridgehead atoms. The molecule has 0 saturated carbocycles. The van der Waals surface area contributed by atoms with E-state index in [4.69, 9.17) is 4.42 Å². The van der Waals surface area contributed by atoms with Crippen LogP contribution >= 0.6 is 0 Å². The Bertz CT molecular complexity index is 1700. The van der Waals surface area contributed by atoms with Crippen LogP contribution in [0.25, 0.3) is 33.1 Å². The third kappa shape index (κ3) is 2.61. The van der Waals surface area contributed by atoms with Gasteiger partial charge in [-0.1, -0.05) is 54.6 Å². The van der Waals surface area contributed by atoms with Crippen LogP contribution in [0.15, 0.2) is 108 Å². The van der Waals surface area contributed by atoms with E-state index >= 15 is 0 Å². The van der Waals surface area contributed by atoms with Crippen LogP contribution in [0, 0.1) is 11.3 Å². The van der Waals surface area contributed by atoms with E-state index in [9.17, 15) is 5.26 Å². The number of nitrogens with zero attached hydrogens (tertiary/aromatic N) is 3. The molecule has 0 spiro atoms. The Labute approximate surface area is 196 Å². The summed E-state index contributed by atoms with van der Waals surface area (Å²) in [7, 11) is 0. The second-order valence-corrected chi connectivity index (χ2v) is 8.71. The van der Waals surface area contributed by atoms with Gasteiger partial charge in [-0.25, -0.2) is 0 Å². The number of rotatable bonds is 2. The number of para-hydroxylation sites is 1. The lowest BCUT2D eigenvalue weighted by Crippen LogP contribution is -2.28. The number of furan rings is 1. The number of nitriles is 1. The van der Waals surface area contributed by atoms with Gasteiger partial charge in [-0.05, 0) is 42.0 Å². The van der Waals surface area contributed by atoms with Gasteiger partial charge in [-0.15, -0.1) is 0 Å². The molecule has 2 aliphatic rings. The SMILES string of the molecule is N#Cc1cnccc1-c1cccc(N2c3ccc4c(oc5ccccc54)c3C3C=CC=CC32)c1. The standard InChI is InChI=1S/C30H19N3O/c31-17-20-18-32-15-14-22(20)19-6-5-7-21(16-19)33-26-10-3-1-9-25(26)29-27(33)13-12-24-23-8-2-4-11-28(23)34-30(24)29/h1-16,18,25-26H. The normalized spacial score (nSPS) is 18.3. The zero-order valence-electron chi connectivity index (χ0n) is 18.2. The number of hydrogen-bond acceptors (Lipinski definition) is 4. The van der Waals surface area contributed by atoms with Crippen LogP contribution in [-0.2, 0) is 0 Å². The van der Waals surface area contributed by atoms with E-state index in [1.807, 2.05) is 24.3 Å². The molecule has 0 radical (unpaired) electrons. The zero-order chi connectivity index (χ0) is 22.6. The molecule has 34 heavy (non-hydrogen) atoms. The predicted molar refractivity (Wildman–Crippen MR) is 135 cm³/mol. The van der Waals surface area contributed by atoms with Crippen molar-refractivity contribution in [2.75, 3.05) is 4.90 Å². The zero-order valence-corrected chi connectivity index (χ0v) is 18.2. The Morgan fingerprint density at radius 2 is 1.82 bits per heavy atom. The molecular formula is C30H19N3O. The fourth-order valence-corrected chi connectivity index (χ4v) is 5.47. The second kappa shape index (κ2) is 7.19. The fourth-order valence-electron chi connectivity index (χ4n) is 5.47. The van der Waals surface area contributed by atoms with Crippen LogP contribution in [0.1, 0.15) is 17.0 Å². The summed E-state index contributed by atoms with van der Waals surface area (Å²) in [6.45, 7) is 0. The van der Waals surface area contributed by atoms with Gasteiger partial charge < -0.3 is 9.32 Å². The van der Waals surface area contributed by atoms with Crippen LogP contribution in [0.3, 0.4) is 0 Å². The van der Waals surface area contributed by atoms with Crippen molar-refractivity contribution in [3.63, 3.8) is 0 Å². The van der Waals surface area contributed by atoms with Crippen molar-refractivity contribution in [2.24, 2.45) is 0 Å². The van der Waals surface area contributed by atoms with E-state index in [0.29, 0.717) is 5.56 Å². The molecule has 0 N–H and O–H groups in total. The number of benzene rings is 3. The average Bonchev–Trinajstić information content (AvgIpc) is 3.44. The van der Waals surface area contributed by atoms with Gasteiger partial charge in [0.05, 0.1) is 11.6 Å². The summed E-state index contributed by atoms with van der Waals surface area (Å²) < 4.78 is 6.42. The van der Waals surface area contributed by atoms with Gasteiger partial charge in [0.15, 0.2) is 0 Å². The lowest BCUT2D eigenvalue weighted by molar-refractivity contribution is 0.656. The van der Waals surface area contributed by atoms with Crippen molar-refractivity contribution >= 4 is 33.3 Å².